The number of carboxylic acids is 1. The van der Waals surface area contributed by atoms with Crippen LogP contribution in [0.5, 0.6) is 0 Å². The van der Waals surface area contributed by atoms with E-state index in [4.69, 9.17) is 5.11 Å². The highest BCUT2D eigenvalue weighted by Crippen LogP contribution is 2.45. The van der Waals surface area contributed by atoms with Crippen molar-refractivity contribution in [3.05, 3.63) is 59.7 Å². The summed E-state index contributed by atoms with van der Waals surface area (Å²) in [5.74, 6) is -0.728. The van der Waals surface area contributed by atoms with Crippen LogP contribution < -0.4 is 0 Å². The van der Waals surface area contributed by atoms with Gasteiger partial charge < -0.3 is 15.1 Å². The Balaban J connectivity index is 1.51. The van der Waals surface area contributed by atoms with E-state index in [-0.39, 0.29) is 17.8 Å². The topological polar surface area (TPSA) is 77.8 Å². The Morgan fingerprint density at radius 2 is 1.36 bits per heavy atom. The highest BCUT2D eigenvalue weighted by molar-refractivity contribution is 5.79. The van der Waals surface area contributed by atoms with Crippen molar-refractivity contribution in [3.63, 3.8) is 0 Å². The van der Waals surface area contributed by atoms with Crippen molar-refractivity contribution in [3.8, 4) is 11.1 Å². The molecule has 2 aliphatic carbocycles. The monoisotopic (exact) mass is 379 g/mol. The fraction of sp³-hybridized carbons (Fsp3) is 0.391. The molecule has 5 heteroatoms. The van der Waals surface area contributed by atoms with E-state index in [2.05, 4.69) is 24.3 Å². The minimum atomic E-state index is -0.901. The Kier molecular flexibility index (Phi) is 5.07. The van der Waals surface area contributed by atoms with E-state index < -0.39 is 12.1 Å². The van der Waals surface area contributed by atoms with Crippen LogP contribution in [-0.4, -0.2) is 40.3 Å². The van der Waals surface area contributed by atoms with Crippen LogP contribution in [0.4, 0.5) is 4.79 Å². The van der Waals surface area contributed by atoms with Gasteiger partial charge in [-0.15, -0.1) is 0 Å². The first kappa shape index (κ1) is 18.5. The SMILES string of the molecule is O=C(O)C1CCC(CN(CC2c3ccccc3-c3ccccc32)C(=O)O)CC1. The van der Waals surface area contributed by atoms with Crippen molar-refractivity contribution in [2.75, 3.05) is 13.1 Å². The summed E-state index contributed by atoms with van der Waals surface area (Å²) in [6, 6.07) is 16.5. The molecule has 0 aliphatic heterocycles. The molecule has 28 heavy (non-hydrogen) atoms. The average molecular weight is 379 g/mol. The normalized spacial score (nSPS) is 21.0. The smallest absolute Gasteiger partial charge is 0.407 e. The Bertz CT molecular complexity index is 840. The molecule has 1 saturated carbocycles. The minimum absolute atomic E-state index is 0.0406. The fourth-order valence-corrected chi connectivity index (χ4v) is 4.81. The molecule has 0 aromatic heterocycles. The summed E-state index contributed by atoms with van der Waals surface area (Å²) < 4.78 is 0. The molecular weight excluding hydrogens is 354 g/mol. The van der Waals surface area contributed by atoms with E-state index in [1.54, 1.807) is 0 Å². The zero-order valence-corrected chi connectivity index (χ0v) is 15.8. The van der Waals surface area contributed by atoms with Gasteiger partial charge in [0.15, 0.2) is 0 Å². The maximum Gasteiger partial charge on any atom is 0.407 e. The lowest BCUT2D eigenvalue weighted by atomic mass is 9.81. The number of amides is 1. The van der Waals surface area contributed by atoms with Crippen molar-refractivity contribution < 1.29 is 19.8 Å². The lowest BCUT2D eigenvalue weighted by Crippen LogP contribution is -2.38. The van der Waals surface area contributed by atoms with Gasteiger partial charge in [-0.3, -0.25) is 4.79 Å². The Hall–Kier alpha value is -2.82. The Morgan fingerprint density at radius 3 is 1.86 bits per heavy atom. The third kappa shape index (κ3) is 3.49. The van der Waals surface area contributed by atoms with Gasteiger partial charge in [-0.2, -0.15) is 0 Å². The Labute approximate surface area is 164 Å². The molecule has 2 aromatic rings. The molecule has 0 atom stereocenters. The summed E-state index contributed by atoms with van der Waals surface area (Å²) in [5, 5.41) is 19.0. The number of fused-ring (bicyclic) bond motifs is 3. The number of hydrogen-bond acceptors (Lipinski definition) is 2. The van der Waals surface area contributed by atoms with E-state index in [1.165, 1.54) is 27.2 Å². The summed E-state index contributed by atoms with van der Waals surface area (Å²) >= 11 is 0. The Morgan fingerprint density at radius 1 is 0.821 bits per heavy atom. The summed E-state index contributed by atoms with van der Waals surface area (Å²) in [4.78, 5) is 24.7. The molecule has 5 nitrogen and oxygen atoms in total. The molecular formula is C23H25NO4. The van der Waals surface area contributed by atoms with Crippen LogP contribution >= 0.6 is 0 Å². The predicted octanol–water partition coefficient (Wildman–Crippen LogP) is 4.67. The molecule has 2 aliphatic rings. The van der Waals surface area contributed by atoms with Gasteiger partial charge in [0, 0.05) is 19.0 Å². The molecule has 0 saturated heterocycles. The second-order valence-corrected chi connectivity index (χ2v) is 7.97. The summed E-state index contributed by atoms with van der Waals surface area (Å²) in [5.41, 5.74) is 4.75. The zero-order valence-electron chi connectivity index (χ0n) is 15.8. The molecule has 1 fully saturated rings. The van der Waals surface area contributed by atoms with Gasteiger partial charge in [0.1, 0.15) is 0 Å². The second-order valence-electron chi connectivity index (χ2n) is 7.97. The quantitative estimate of drug-likeness (QED) is 0.791. The van der Waals surface area contributed by atoms with E-state index in [1.807, 2.05) is 24.3 Å². The van der Waals surface area contributed by atoms with Crippen molar-refractivity contribution in [2.45, 2.75) is 31.6 Å². The van der Waals surface area contributed by atoms with Gasteiger partial charge in [0.2, 0.25) is 0 Å². The molecule has 2 N–H and O–H groups in total. The highest BCUT2D eigenvalue weighted by atomic mass is 16.4. The van der Waals surface area contributed by atoms with E-state index >= 15 is 0 Å². The third-order valence-electron chi connectivity index (χ3n) is 6.31. The molecule has 2 aromatic carbocycles. The summed E-state index contributed by atoms with van der Waals surface area (Å²) in [6.07, 6.45) is 1.93. The van der Waals surface area contributed by atoms with Crippen LogP contribution in [0.1, 0.15) is 42.7 Å². The standard InChI is InChI=1S/C23H25NO4/c25-22(26)16-11-9-15(10-12-16)13-24(23(27)28)14-21-19-7-3-1-5-17(19)18-6-2-4-8-20(18)21/h1-8,15-16,21H,9-14H2,(H,25,26)(H,27,28). The first-order chi connectivity index (χ1) is 13.5. The molecule has 0 heterocycles. The number of hydrogen-bond donors (Lipinski definition) is 2. The van der Waals surface area contributed by atoms with Crippen LogP contribution in [0, 0.1) is 11.8 Å². The van der Waals surface area contributed by atoms with Crippen molar-refractivity contribution in [1.82, 2.24) is 4.90 Å². The molecule has 1 amide bonds. The zero-order chi connectivity index (χ0) is 19.7. The number of nitrogens with zero attached hydrogens (tertiary/aromatic N) is 1. The third-order valence-corrected chi connectivity index (χ3v) is 6.31. The van der Waals surface area contributed by atoms with Crippen LogP contribution in [-0.2, 0) is 4.79 Å². The van der Waals surface area contributed by atoms with Gasteiger partial charge in [0.05, 0.1) is 5.92 Å². The lowest BCUT2D eigenvalue weighted by Gasteiger charge is -2.31. The minimum Gasteiger partial charge on any atom is -0.481 e. The summed E-state index contributed by atoms with van der Waals surface area (Å²) in [7, 11) is 0. The maximum atomic E-state index is 12.0. The van der Waals surface area contributed by atoms with E-state index in [0.29, 0.717) is 25.9 Å². The van der Waals surface area contributed by atoms with E-state index in [9.17, 15) is 14.7 Å². The van der Waals surface area contributed by atoms with Gasteiger partial charge in [0.25, 0.3) is 0 Å². The largest absolute Gasteiger partial charge is 0.481 e. The van der Waals surface area contributed by atoms with Gasteiger partial charge >= 0.3 is 12.1 Å². The van der Waals surface area contributed by atoms with Crippen LogP contribution in [0.15, 0.2) is 48.5 Å². The average Bonchev–Trinajstić information content (AvgIpc) is 3.02. The second kappa shape index (κ2) is 7.66. The number of carbonyl (C=O) groups is 2. The van der Waals surface area contributed by atoms with Gasteiger partial charge in [-0.25, -0.2) is 4.79 Å². The van der Waals surface area contributed by atoms with Crippen molar-refractivity contribution >= 4 is 12.1 Å². The van der Waals surface area contributed by atoms with Crippen LogP contribution in [0.3, 0.4) is 0 Å². The fourth-order valence-electron chi connectivity index (χ4n) is 4.81. The van der Waals surface area contributed by atoms with E-state index in [0.717, 1.165) is 12.8 Å². The van der Waals surface area contributed by atoms with Crippen LogP contribution in [0.25, 0.3) is 11.1 Å². The first-order valence-electron chi connectivity index (χ1n) is 9.93. The molecule has 146 valence electrons. The van der Waals surface area contributed by atoms with Crippen LogP contribution in [0.2, 0.25) is 0 Å². The molecule has 0 radical (unpaired) electrons. The van der Waals surface area contributed by atoms with Crippen molar-refractivity contribution in [2.24, 2.45) is 11.8 Å². The molecule has 4 rings (SSSR count). The number of rotatable bonds is 5. The predicted molar refractivity (Wildman–Crippen MR) is 106 cm³/mol. The number of aliphatic carboxylic acids is 1. The number of carboxylic acid groups (broad SMARTS) is 2. The lowest BCUT2D eigenvalue weighted by molar-refractivity contribution is -0.143. The van der Waals surface area contributed by atoms with Gasteiger partial charge in [-0.1, -0.05) is 48.5 Å². The summed E-state index contributed by atoms with van der Waals surface area (Å²) in [6.45, 7) is 0.907. The first-order valence-corrected chi connectivity index (χ1v) is 9.93. The van der Waals surface area contributed by atoms with Crippen molar-refractivity contribution in [1.29, 1.82) is 0 Å². The highest BCUT2D eigenvalue weighted by Gasteiger charge is 2.33. The molecule has 0 unspecified atom stereocenters. The molecule has 0 spiro atoms. The van der Waals surface area contributed by atoms with Gasteiger partial charge in [-0.05, 0) is 53.9 Å². The number of benzene rings is 2. The maximum absolute atomic E-state index is 12.0. The molecule has 0 bridgehead atoms.